The summed E-state index contributed by atoms with van der Waals surface area (Å²) >= 11 is 0. The van der Waals surface area contributed by atoms with Crippen molar-refractivity contribution in [2.75, 3.05) is 6.61 Å². The van der Waals surface area contributed by atoms with Gasteiger partial charge in [-0.2, -0.15) is 0 Å². The Morgan fingerprint density at radius 1 is 1.50 bits per heavy atom. The molecule has 0 aliphatic heterocycles. The fourth-order valence-corrected chi connectivity index (χ4v) is 0.679. The molecule has 0 atom stereocenters. The topological polar surface area (TPSA) is 9.23 Å². The van der Waals surface area contributed by atoms with Crippen molar-refractivity contribution in [3.05, 3.63) is 30.3 Å². The first-order chi connectivity index (χ1) is 4.93. The van der Waals surface area contributed by atoms with Gasteiger partial charge in [0.05, 0.1) is 6.61 Å². The van der Waals surface area contributed by atoms with Gasteiger partial charge in [0, 0.05) is 6.07 Å². The first-order valence-corrected chi connectivity index (χ1v) is 3.53. The van der Waals surface area contributed by atoms with E-state index in [-0.39, 0.29) is 0 Å². The Morgan fingerprint density at radius 3 is 3.00 bits per heavy atom. The maximum Gasteiger partial charge on any atom is 0.127 e. The van der Waals surface area contributed by atoms with E-state index in [9.17, 15) is 0 Å². The van der Waals surface area contributed by atoms with E-state index < -0.39 is 0 Å². The summed E-state index contributed by atoms with van der Waals surface area (Å²) in [5, 5.41) is 0. The van der Waals surface area contributed by atoms with Crippen LogP contribution in [0.25, 0.3) is 0 Å². The Kier molecular flexibility index (Phi) is 2.81. The second kappa shape index (κ2) is 3.94. The van der Waals surface area contributed by atoms with Gasteiger partial charge in [0.1, 0.15) is 5.75 Å². The molecule has 1 rings (SSSR count). The van der Waals surface area contributed by atoms with Crippen LogP contribution in [0.3, 0.4) is 0 Å². The number of para-hydroxylation sites is 1. The number of ether oxygens (including phenoxy) is 1. The van der Waals surface area contributed by atoms with E-state index in [0.29, 0.717) is 0 Å². The normalized spacial score (nSPS) is 9.30. The SMILES string of the molecule is CCCOc1[c]cccc1. The lowest BCUT2D eigenvalue weighted by atomic mass is 10.3. The summed E-state index contributed by atoms with van der Waals surface area (Å²) in [4.78, 5) is 0. The summed E-state index contributed by atoms with van der Waals surface area (Å²) in [5.41, 5.74) is 0. The van der Waals surface area contributed by atoms with Gasteiger partial charge in [0.2, 0.25) is 0 Å². The average Bonchev–Trinajstić information content (AvgIpc) is 2.03. The molecule has 0 unspecified atom stereocenters. The first-order valence-electron chi connectivity index (χ1n) is 3.53. The second-order valence-corrected chi connectivity index (χ2v) is 2.08. The molecule has 53 valence electrons. The van der Waals surface area contributed by atoms with Crippen molar-refractivity contribution in [3.8, 4) is 5.75 Å². The number of hydrogen-bond acceptors (Lipinski definition) is 1. The Labute approximate surface area is 61.6 Å². The molecule has 0 spiro atoms. The minimum Gasteiger partial charge on any atom is -0.493 e. The van der Waals surface area contributed by atoms with Crippen molar-refractivity contribution in [2.45, 2.75) is 13.3 Å². The van der Waals surface area contributed by atoms with Gasteiger partial charge in [0.15, 0.2) is 0 Å². The fraction of sp³-hybridized carbons (Fsp3) is 0.333. The average molecular weight is 135 g/mol. The molecule has 0 saturated carbocycles. The summed E-state index contributed by atoms with van der Waals surface area (Å²) in [6, 6.07) is 10.6. The second-order valence-electron chi connectivity index (χ2n) is 2.08. The van der Waals surface area contributed by atoms with Crippen molar-refractivity contribution in [3.63, 3.8) is 0 Å². The lowest BCUT2D eigenvalue weighted by molar-refractivity contribution is 0.317. The van der Waals surface area contributed by atoms with Gasteiger partial charge >= 0.3 is 0 Å². The van der Waals surface area contributed by atoms with Gasteiger partial charge in [-0.05, 0) is 12.5 Å². The standard InChI is InChI=1S/C9H11O/c1-2-8-10-9-6-4-3-5-7-9/h3-6H,2,8H2,1H3. The molecular formula is C9H11O. The zero-order valence-electron chi connectivity index (χ0n) is 6.13. The molecule has 0 bridgehead atoms. The fourth-order valence-electron chi connectivity index (χ4n) is 0.679. The highest BCUT2D eigenvalue weighted by molar-refractivity contribution is 5.19. The smallest absolute Gasteiger partial charge is 0.127 e. The third-order valence-corrected chi connectivity index (χ3v) is 1.14. The molecule has 1 nitrogen and oxygen atoms in total. The maximum absolute atomic E-state index is 5.30. The quantitative estimate of drug-likeness (QED) is 0.617. The van der Waals surface area contributed by atoms with E-state index in [4.69, 9.17) is 4.74 Å². The molecular weight excluding hydrogens is 124 g/mol. The molecule has 0 heterocycles. The van der Waals surface area contributed by atoms with Crippen LogP contribution in [-0.2, 0) is 0 Å². The van der Waals surface area contributed by atoms with E-state index in [1.165, 1.54) is 0 Å². The third kappa shape index (κ3) is 2.09. The largest absolute Gasteiger partial charge is 0.493 e. The molecule has 0 amide bonds. The van der Waals surface area contributed by atoms with Crippen LogP contribution in [0.2, 0.25) is 0 Å². The van der Waals surface area contributed by atoms with Crippen LogP contribution in [-0.4, -0.2) is 6.61 Å². The highest BCUT2D eigenvalue weighted by Crippen LogP contribution is 2.06. The molecule has 1 radical (unpaired) electrons. The monoisotopic (exact) mass is 135 g/mol. The maximum atomic E-state index is 5.30. The molecule has 0 aromatic heterocycles. The molecule has 1 heteroatoms. The van der Waals surface area contributed by atoms with Crippen LogP contribution in [0, 0.1) is 6.07 Å². The van der Waals surface area contributed by atoms with Crippen molar-refractivity contribution in [1.82, 2.24) is 0 Å². The molecule has 1 aromatic carbocycles. The van der Waals surface area contributed by atoms with Gasteiger partial charge in [-0.3, -0.25) is 0 Å². The summed E-state index contributed by atoms with van der Waals surface area (Å²) < 4.78 is 5.30. The van der Waals surface area contributed by atoms with E-state index in [2.05, 4.69) is 13.0 Å². The van der Waals surface area contributed by atoms with Crippen LogP contribution < -0.4 is 4.74 Å². The van der Waals surface area contributed by atoms with Crippen LogP contribution in [0.5, 0.6) is 5.75 Å². The lowest BCUT2D eigenvalue weighted by Gasteiger charge is -2.01. The Morgan fingerprint density at radius 2 is 2.40 bits per heavy atom. The molecule has 0 N–H and O–H groups in total. The minimum absolute atomic E-state index is 0.778. The van der Waals surface area contributed by atoms with Crippen molar-refractivity contribution in [2.24, 2.45) is 0 Å². The van der Waals surface area contributed by atoms with Crippen molar-refractivity contribution >= 4 is 0 Å². The van der Waals surface area contributed by atoms with E-state index in [1.54, 1.807) is 0 Å². The minimum atomic E-state index is 0.778. The van der Waals surface area contributed by atoms with Gasteiger partial charge in [0.25, 0.3) is 0 Å². The van der Waals surface area contributed by atoms with Gasteiger partial charge in [-0.25, -0.2) is 0 Å². The summed E-state index contributed by atoms with van der Waals surface area (Å²) in [5.74, 6) is 0.837. The molecule has 0 fully saturated rings. The van der Waals surface area contributed by atoms with E-state index in [1.807, 2.05) is 24.3 Å². The number of hydrogen-bond donors (Lipinski definition) is 0. The number of benzene rings is 1. The molecule has 10 heavy (non-hydrogen) atoms. The molecule has 1 aromatic rings. The molecule has 0 aliphatic carbocycles. The molecule has 0 saturated heterocycles. The molecule has 0 aliphatic rings. The lowest BCUT2D eigenvalue weighted by Crippen LogP contribution is -1.93. The van der Waals surface area contributed by atoms with Crippen molar-refractivity contribution in [1.29, 1.82) is 0 Å². The van der Waals surface area contributed by atoms with Gasteiger partial charge in [-0.1, -0.05) is 25.1 Å². The highest BCUT2D eigenvalue weighted by atomic mass is 16.5. The van der Waals surface area contributed by atoms with Gasteiger partial charge < -0.3 is 4.74 Å². The predicted octanol–water partition coefficient (Wildman–Crippen LogP) is 2.28. The van der Waals surface area contributed by atoms with Crippen LogP contribution in [0.4, 0.5) is 0 Å². The Balaban J connectivity index is 2.43. The summed E-state index contributed by atoms with van der Waals surface area (Å²) in [6.07, 6.45) is 1.04. The highest BCUT2D eigenvalue weighted by Gasteiger charge is 1.87. The van der Waals surface area contributed by atoms with Crippen LogP contribution in [0.15, 0.2) is 24.3 Å². The summed E-state index contributed by atoms with van der Waals surface area (Å²) in [6.45, 7) is 2.86. The zero-order valence-corrected chi connectivity index (χ0v) is 6.13. The van der Waals surface area contributed by atoms with Crippen LogP contribution >= 0.6 is 0 Å². The summed E-state index contributed by atoms with van der Waals surface area (Å²) in [7, 11) is 0. The Bertz CT molecular complexity index is 169. The van der Waals surface area contributed by atoms with Gasteiger partial charge in [-0.15, -0.1) is 0 Å². The number of rotatable bonds is 3. The van der Waals surface area contributed by atoms with E-state index in [0.717, 1.165) is 18.8 Å². The Hall–Kier alpha value is -0.980. The first kappa shape index (κ1) is 7.13. The van der Waals surface area contributed by atoms with E-state index >= 15 is 0 Å². The predicted molar refractivity (Wildman–Crippen MR) is 41.1 cm³/mol. The van der Waals surface area contributed by atoms with Crippen LogP contribution in [0.1, 0.15) is 13.3 Å². The third-order valence-electron chi connectivity index (χ3n) is 1.14. The van der Waals surface area contributed by atoms with Crippen molar-refractivity contribution < 1.29 is 4.74 Å². The zero-order chi connectivity index (χ0) is 7.23.